The van der Waals surface area contributed by atoms with Gasteiger partial charge < -0.3 is 5.11 Å². The van der Waals surface area contributed by atoms with Crippen molar-refractivity contribution < 1.29 is 9.90 Å². The number of allylic oxidation sites excluding steroid dienone is 3. The fourth-order valence-corrected chi connectivity index (χ4v) is 7.42. The second-order valence-electron chi connectivity index (χ2n) is 10.2. The maximum Gasteiger partial charge on any atom is 0.303 e. The topological polar surface area (TPSA) is 37.3 Å². The van der Waals surface area contributed by atoms with E-state index in [1.165, 1.54) is 31.3 Å². The highest BCUT2D eigenvalue weighted by Gasteiger charge is 2.66. The predicted octanol–water partition coefficient (Wildman–Crippen LogP) is 6.23. The van der Waals surface area contributed by atoms with Crippen LogP contribution in [0.2, 0.25) is 0 Å². The third-order valence-corrected chi connectivity index (χ3v) is 9.27. The molecular formula is C23H36O2. The van der Waals surface area contributed by atoms with E-state index in [9.17, 15) is 9.90 Å². The summed E-state index contributed by atoms with van der Waals surface area (Å²) in [5.74, 6) is 0.364. The summed E-state index contributed by atoms with van der Waals surface area (Å²) in [6.07, 6.45) is 12.0. The molecule has 2 saturated carbocycles. The SMILES string of the molecule is C=C(C)[C@@H]1CC[C@]2(C)[C@H](CC[C@]3(C)C=CC[C@]32C)[C@@]1(C)CCC(=O)O. The average Bonchev–Trinajstić information content (AvgIpc) is 2.82. The molecule has 2 fully saturated rings. The predicted molar refractivity (Wildman–Crippen MR) is 103 cm³/mol. The number of hydrogen-bond acceptors (Lipinski definition) is 1. The third-order valence-electron chi connectivity index (χ3n) is 9.27. The summed E-state index contributed by atoms with van der Waals surface area (Å²) >= 11 is 0. The van der Waals surface area contributed by atoms with Crippen molar-refractivity contribution >= 4 is 5.97 Å². The van der Waals surface area contributed by atoms with Crippen molar-refractivity contribution in [1.29, 1.82) is 0 Å². The van der Waals surface area contributed by atoms with Crippen molar-refractivity contribution in [2.75, 3.05) is 0 Å². The summed E-state index contributed by atoms with van der Waals surface area (Å²) in [6, 6.07) is 0. The Hall–Kier alpha value is -1.05. The lowest BCUT2D eigenvalue weighted by Crippen LogP contribution is -2.61. The molecule has 2 nitrogen and oxygen atoms in total. The Morgan fingerprint density at radius 1 is 1.20 bits per heavy atom. The first-order chi connectivity index (χ1) is 11.5. The van der Waals surface area contributed by atoms with Crippen LogP contribution in [0.1, 0.15) is 79.6 Å². The molecule has 3 aliphatic rings. The normalized spacial score (nSPS) is 48.7. The molecule has 0 amide bonds. The van der Waals surface area contributed by atoms with Crippen molar-refractivity contribution in [2.24, 2.45) is 33.5 Å². The number of carboxylic acid groups (broad SMARTS) is 1. The van der Waals surface area contributed by atoms with Gasteiger partial charge >= 0.3 is 5.97 Å². The van der Waals surface area contributed by atoms with E-state index in [-0.39, 0.29) is 22.7 Å². The minimum Gasteiger partial charge on any atom is -0.481 e. The van der Waals surface area contributed by atoms with Crippen LogP contribution in [0.15, 0.2) is 24.3 Å². The fraction of sp³-hybridized carbons (Fsp3) is 0.783. The molecule has 0 aromatic carbocycles. The quantitative estimate of drug-likeness (QED) is 0.614. The average molecular weight is 345 g/mol. The van der Waals surface area contributed by atoms with Crippen molar-refractivity contribution in [2.45, 2.75) is 79.6 Å². The lowest BCUT2D eigenvalue weighted by Gasteiger charge is -2.68. The van der Waals surface area contributed by atoms with E-state index in [2.05, 4.69) is 53.3 Å². The molecule has 0 unspecified atom stereocenters. The van der Waals surface area contributed by atoms with Crippen molar-refractivity contribution in [1.82, 2.24) is 0 Å². The van der Waals surface area contributed by atoms with Gasteiger partial charge in [-0.15, -0.1) is 0 Å². The van der Waals surface area contributed by atoms with Crippen LogP contribution in [0.5, 0.6) is 0 Å². The van der Waals surface area contributed by atoms with Gasteiger partial charge in [0, 0.05) is 6.42 Å². The van der Waals surface area contributed by atoms with Crippen LogP contribution in [0.4, 0.5) is 0 Å². The van der Waals surface area contributed by atoms with Gasteiger partial charge in [-0.05, 0) is 78.9 Å². The van der Waals surface area contributed by atoms with Gasteiger partial charge in [0.2, 0.25) is 0 Å². The number of fused-ring (bicyclic) bond motifs is 3. The van der Waals surface area contributed by atoms with Crippen LogP contribution in [-0.2, 0) is 4.79 Å². The molecule has 1 N–H and O–H groups in total. The van der Waals surface area contributed by atoms with Crippen LogP contribution in [-0.4, -0.2) is 11.1 Å². The molecule has 140 valence electrons. The van der Waals surface area contributed by atoms with E-state index >= 15 is 0 Å². The van der Waals surface area contributed by atoms with E-state index in [1.54, 1.807) is 0 Å². The Kier molecular flexibility index (Phi) is 4.29. The minimum atomic E-state index is -0.664. The van der Waals surface area contributed by atoms with Crippen molar-refractivity contribution in [3.63, 3.8) is 0 Å². The molecular weight excluding hydrogens is 308 g/mol. The Morgan fingerprint density at radius 2 is 1.88 bits per heavy atom. The molecule has 0 spiro atoms. The molecule has 0 radical (unpaired) electrons. The van der Waals surface area contributed by atoms with Gasteiger partial charge in [-0.3, -0.25) is 4.79 Å². The second-order valence-corrected chi connectivity index (χ2v) is 10.2. The Morgan fingerprint density at radius 3 is 2.48 bits per heavy atom. The monoisotopic (exact) mass is 344 g/mol. The van der Waals surface area contributed by atoms with Crippen LogP contribution >= 0.6 is 0 Å². The Labute approximate surface area is 153 Å². The summed E-state index contributed by atoms with van der Waals surface area (Å²) in [5.41, 5.74) is 2.14. The zero-order valence-electron chi connectivity index (χ0n) is 16.8. The lowest BCUT2D eigenvalue weighted by molar-refractivity contribution is -0.185. The van der Waals surface area contributed by atoms with E-state index in [0.717, 1.165) is 12.8 Å². The third kappa shape index (κ3) is 2.39. The summed E-state index contributed by atoms with van der Waals surface area (Å²) in [5, 5.41) is 9.35. The molecule has 0 aromatic rings. The maximum absolute atomic E-state index is 11.4. The van der Waals surface area contributed by atoms with Crippen LogP contribution in [0, 0.1) is 33.5 Å². The van der Waals surface area contributed by atoms with Gasteiger partial charge in [0.1, 0.15) is 0 Å². The first kappa shape index (κ1) is 18.7. The standard InChI is InChI=1S/C23H36O2/c1-16(2)17-8-15-22(5)18(21(17,4)14-10-19(24)25)9-13-20(3)11-7-12-23(20,22)6/h7,11,17-18H,1,8-10,12-15H2,2-6H3,(H,24,25)/t17-,18+,20-,21-,22+,23+/m0/s1. The van der Waals surface area contributed by atoms with E-state index in [0.29, 0.717) is 17.3 Å². The van der Waals surface area contributed by atoms with Gasteiger partial charge in [-0.25, -0.2) is 0 Å². The molecule has 0 aliphatic heterocycles. The Bertz CT molecular complexity index is 620. The van der Waals surface area contributed by atoms with Crippen LogP contribution < -0.4 is 0 Å². The number of carbonyl (C=O) groups is 1. The Balaban J connectivity index is 2.04. The van der Waals surface area contributed by atoms with Gasteiger partial charge in [0.15, 0.2) is 0 Å². The highest BCUT2D eigenvalue weighted by atomic mass is 16.4. The molecule has 2 heteroatoms. The minimum absolute atomic E-state index is 0.0458. The van der Waals surface area contributed by atoms with Gasteiger partial charge in [-0.2, -0.15) is 0 Å². The smallest absolute Gasteiger partial charge is 0.303 e. The van der Waals surface area contributed by atoms with Gasteiger partial charge in [0.05, 0.1) is 0 Å². The first-order valence-electron chi connectivity index (χ1n) is 10.1. The number of aliphatic carboxylic acids is 1. The molecule has 0 bridgehead atoms. The fourth-order valence-electron chi connectivity index (χ4n) is 7.42. The summed E-state index contributed by atoms with van der Waals surface area (Å²) in [4.78, 5) is 11.4. The first-order valence-corrected chi connectivity index (χ1v) is 10.1. The lowest BCUT2D eigenvalue weighted by atomic mass is 9.36. The van der Waals surface area contributed by atoms with Crippen molar-refractivity contribution in [3.05, 3.63) is 24.3 Å². The van der Waals surface area contributed by atoms with Gasteiger partial charge in [-0.1, -0.05) is 52.0 Å². The molecule has 0 saturated heterocycles. The highest BCUT2D eigenvalue weighted by molar-refractivity contribution is 5.66. The molecule has 0 aromatic heterocycles. The van der Waals surface area contributed by atoms with E-state index in [1.807, 2.05) is 0 Å². The van der Waals surface area contributed by atoms with E-state index in [4.69, 9.17) is 0 Å². The van der Waals surface area contributed by atoms with Crippen LogP contribution in [0.25, 0.3) is 0 Å². The molecule has 6 atom stereocenters. The summed E-state index contributed by atoms with van der Waals surface area (Å²) in [6.45, 7) is 16.3. The summed E-state index contributed by atoms with van der Waals surface area (Å²) < 4.78 is 0. The molecule has 0 heterocycles. The van der Waals surface area contributed by atoms with Crippen molar-refractivity contribution in [3.8, 4) is 0 Å². The van der Waals surface area contributed by atoms with Gasteiger partial charge in [0.25, 0.3) is 0 Å². The summed E-state index contributed by atoms with van der Waals surface area (Å²) in [7, 11) is 0. The largest absolute Gasteiger partial charge is 0.481 e. The van der Waals surface area contributed by atoms with E-state index < -0.39 is 5.97 Å². The maximum atomic E-state index is 11.4. The number of hydrogen-bond donors (Lipinski definition) is 1. The molecule has 25 heavy (non-hydrogen) atoms. The molecule has 3 aliphatic carbocycles. The second kappa shape index (κ2) is 5.72. The zero-order chi connectivity index (χ0) is 18.7. The van der Waals surface area contributed by atoms with Crippen LogP contribution in [0.3, 0.4) is 0 Å². The highest BCUT2D eigenvalue weighted by Crippen LogP contribution is 2.74. The molecule has 3 rings (SSSR count). The zero-order valence-corrected chi connectivity index (χ0v) is 16.8. The number of carboxylic acids is 1. The number of rotatable bonds is 4.